The van der Waals surface area contributed by atoms with E-state index in [9.17, 15) is 23.1 Å². The average molecular weight is 336 g/mol. The van der Waals surface area contributed by atoms with Crippen molar-refractivity contribution in [3.63, 3.8) is 0 Å². The highest BCUT2D eigenvalue weighted by Crippen LogP contribution is 2.43. The number of hydrogen-bond acceptors (Lipinski definition) is 1. The number of benzene rings is 2. The van der Waals surface area contributed by atoms with Crippen molar-refractivity contribution < 1.29 is 23.1 Å². The van der Waals surface area contributed by atoms with E-state index in [-0.39, 0.29) is 23.5 Å². The highest BCUT2D eigenvalue weighted by molar-refractivity contribution is 5.79. The molecule has 0 aromatic heterocycles. The second-order valence-electron chi connectivity index (χ2n) is 6.15. The minimum atomic E-state index is -4.63. The first-order valence-electron chi connectivity index (χ1n) is 7.70. The molecule has 24 heavy (non-hydrogen) atoms. The summed E-state index contributed by atoms with van der Waals surface area (Å²) in [7, 11) is 0. The molecule has 0 bridgehead atoms. The number of rotatable bonds is 5. The molecule has 0 saturated heterocycles. The van der Waals surface area contributed by atoms with Gasteiger partial charge in [0.1, 0.15) is 0 Å². The first kappa shape index (κ1) is 18.0. The van der Waals surface area contributed by atoms with E-state index in [1.807, 2.05) is 0 Å². The van der Waals surface area contributed by atoms with Crippen molar-refractivity contribution in [2.24, 2.45) is 5.92 Å². The predicted octanol–water partition coefficient (Wildman–Crippen LogP) is 5.59. The van der Waals surface area contributed by atoms with Crippen LogP contribution in [0.4, 0.5) is 13.2 Å². The molecule has 2 aromatic rings. The van der Waals surface area contributed by atoms with Gasteiger partial charge in [0, 0.05) is 0 Å². The highest BCUT2D eigenvalue weighted by Gasteiger charge is 2.39. The summed E-state index contributed by atoms with van der Waals surface area (Å²) in [6, 6.07) is 12.4. The fraction of sp³-hybridized carbons (Fsp3) is 0.316. The molecule has 1 N–H and O–H groups in total. The molecular weight excluding hydrogens is 317 g/mol. The van der Waals surface area contributed by atoms with Gasteiger partial charge < -0.3 is 5.11 Å². The van der Waals surface area contributed by atoms with Crippen LogP contribution in [0.5, 0.6) is 0 Å². The van der Waals surface area contributed by atoms with Crippen LogP contribution in [-0.4, -0.2) is 11.1 Å². The molecule has 0 amide bonds. The van der Waals surface area contributed by atoms with E-state index in [4.69, 9.17) is 0 Å². The zero-order chi connectivity index (χ0) is 17.9. The van der Waals surface area contributed by atoms with Crippen molar-refractivity contribution >= 4 is 5.97 Å². The van der Waals surface area contributed by atoms with Crippen molar-refractivity contribution in [1.82, 2.24) is 0 Å². The summed E-state index contributed by atoms with van der Waals surface area (Å²) in [4.78, 5) is 11.6. The standard InChI is InChI=1S/C19H19F3O2/c1-12(2)11-16(18(23)24)15-10-6-9-14(17(15)19(20,21)22)13-7-4-3-5-8-13/h3-10,12,16H,11H2,1-2H3,(H,23,24). The second-order valence-corrected chi connectivity index (χ2v) is 6.15. The fourth-order valence-corrected chi connectivity index (χ4v) is 2.87. The molecule has 128 valence electrons. The Morgan fingerprint density at radius 1 is 1.04 bits per heavy atom. The van der Waals surface area contributed by atoms with Crippen LogP contribution in [0.3, 0.4) is 0 Å². The van der Waals surface area contributed by atoms with E-state index < -0.39 is 23.6 Å². The van der Waals surface area contributed by atoms with Gasteiger partial charge in [0.05, 0.1) is 11.5 Å². The van der Waals surface area contributed by atoms with Gasteiger partial charge in [-0.2, -0.15) is 13.2 Å². The minimum Gasteiger partial charge on any atom is -0.481 e. The zero-order valence-corrected chi connectivity index (χ0v) is 13.5. The predicted molar refractivity (Wildman–Crippen MR) is 86.7 cm³/mol. The van der Waals surface area contributed by atoms with Gasteiger partial charge in [-0.1, -0.05) is 62.4 Å². The Morgan fingerprint density at radius 2 is 1.67 bits per heavy atom. The number of hydrogen-bond donors (Lipinski definition) is 1. The zero-order valence-electron chi connectivity index (χ0n) is 13.5. The summed E-state index contributed by atoms with van der Waals surface area (Å²) in [5.41, 5.74) is -0.606. The van der Waals surface area contributed by atoms with Gasteiger partial charge in [0.15, 0.2) is 0 Å². The van der Waals surface area contributed by atoms with Crippen LogP contribution in [0, 0.1) is 5.92 Å². The first-order chi connectivity index (χ1) is 11.2. The Kier molecular flexibility index (Phi) is 5.32. The largest absolute Gasteiger partial charge is 0.481 e. The summed E-state index contributed by atoms with van der Waals surface area (Å²) in [6.07, 6.45) is -4.48. The topological polar surface area (TPSA) is 37.3 Å². The molecule has 0 saturated carbocycles. The number of aliphatic carboxylic acids is 1. The molecular formula is C19H19F3O2. The summed E-state index contributed by atoms with van der Waals surface area (Å²) >= 11 is 0. The lowest BCUT2D eigenvalue weighted by Crippen LogP contribution is -2.20. The third kappa shape index (κ3) is 3.96. The molecule has 2 nitrogen and oxygen atoms in total. The van der Waals surface area contributed by atoms with Crippen LogP contribution >= 0.6 is 0 Å². The van der Waals surface area contributed by atoms with E-state index in [1.54, 1.807) is 44.2 Å². The van der Waals surface area contributed by atoms with Crippen LogP contribution in [-0.2, 0) is 11.0 Å². The quantitative estimate of drug-likeness (QED) is 0.773. The third-order valence-electron chi connectivity index (χ3n) is 3.85. The van der Waals surface area contributed by atoms with Gasteiger partial charge in [-0.15, -0.1) is 0 Å². The normalized spacial score (nSPS) is 13.1. The maximum Gasteiger partial charge on any atom is 0.417 e. The van der Waals surface area contributed by atoms with E-state index in [0.717, 1.165) is 0 Å². The van der Waals surface area contributed by atoms with E-state index in [2.05, 4.69) is 0 Å². The van der Waals surface area contributed by atoms with Gasteiger partial charge in [-0.05, 0) is 29.0 Å². The van der Waals surface area contributed by atoms with Crippen LogP contribution in [0.2, 0.25) is 0 Å². The Labute approximate surface area is 138 Å². The van der Waals surface area contributed by atoms with Crippen LogP contribution in [0.15, 0.2) is 48.5 Å². The number of carbonyl (C=O) groups is 1. The van der Waals surface area contributed by atoms with Crippen molar-refractivity contribution in [2.45, 2.75) is 32.4 Å². The Bertz CT molecular complexity index is 706. The van der Waals surface area contributed by atoms with Crippen molar-refractivity contribution in [1.29, 1.82) is 0 Å². The SMILES string of the molecule is CC(C)CC(C(=O)O)c1cccc(-c2ccccc2)c1C(F)(F)F. The summed E-state index contributed by atoms with van der Waals surface area (Å²) in [6.45, 7) is 3.59. The number of alkyl halides is 3. The van der Waals surface area contributed by atoms with Crippen LogP contribution in [0.1, 0.15) is 37.3 Å². The van der Waals surface area contributed by atoms with Gasteiger partial charge in [0.2, 0.25) is 0 Å². The molecule has 1 unspecified atom stereocenters. The van der Waals surface area contributed by atoms with Crippen molar-refractivity contribution in [3.05, 3.63) is 59.7 Å². The molecule has 2 aromatic carbocycles. The lowest BCUT2D eigenvalue weighted by atomic mass is 9.84. The lowest BCUT2D eigenvalue weighted by Gasteiger charge is -2.22. The second kappa shape index (κ2) is 7.07. The molecule has 0 fully saturated rings. The molecule has 0 aliphatic carbocycles. The van der Waals surface area contributed by atoms with Crippen LogP contribution < -0.4 is 0 Å². The minimum absolute atomic E-state index is 0.00982. The van der Waals surface area contributed by atoms with Crippen molar-refractivity contribution in [3.8, 4) is 11.1 Å². The lowest BCUT2D eigenvalue weighted by molar-refractivity contribution is -0.141. The number of carboxylic acid groups (broad SMARTS) is 1. The van der Waals surface area contributed by atoms with E-state index in [1.165, 1.54) is 18.2 Å². The molecule has 0 heterocycles. The van der Waals surface area contributed by atoms with Crippen LogP contribution in [0.25, 0.3) is 11.1 Å². The summed E-state index contributed by atoms with van der Waals surface area (Å²) < 4.78 is 41.3. The molecule has 1 atom stereocenters. The van der Waals surface area contributed by atoms with E-state index >= 15 is 0 Å². The number of halogens is 3. The molecule has 0 aliphatic rings. The Hall–Kier alpha value is -2.30. The van der Waals surface area contributed by atoms with Gasteiger partial charge in [-0.25, -0.2) is 0 Å². The van der Waals surface area contributed by atoms with Crippen molar-refractivity contribution in [2.75, 3.05) is 0 Å². The fourth-order valence-electron chi connectivity index (χ4n) is 2.87. The maximum absolute atomic E-state index is 13.8. The first-order valence-corrected chi connectivity index (χ1v) is 7.70. The Morgan fingerprint density at radius 3 is 2.17 bits per heavy atom. The number of carboxylic acids is 1. The highest BCUT2D eigenvalue weighted by atomic mass is 19.4. The average Bonchev–Trinajstić information content (AvgIpc) is 2.51. The van der Waals surface area contributed by atoms with Gasteiger partial charge in [0.25, 0.3) is 0 Å². The molecule has 0 aliphatic heterocycles. The van der Waals surface area contributed by atoms with E-state index in [0.29, 0.717) is 5.56 Å². The Balaban J connectivity index is 2.70. The van der Waals surface area contributed by atoms with Gasteiger partial charge in [-0.3, -0.25) is 4.79 Å². The molecule has 5 heteroatoms. The molecule has 2 rings (SSSR count). The van der Waals surface area contributed by atoms with Gasteiger partial charge >= 0.3 is 12.1 Å². The molecule has 0 radical (unpaired) electrons. The molecule has 0 spiro atoms. The monoisotopic (exact) mass is 336 g/mol. The summed E-state index contributed by atoms with van der Waals surface area (Å²) in [5, 5.41) is 9.46. The maximum atomic E-state index is 13.8. The third-order valence-corrected chi connectivity index (χ3v) is 3.85. The summed E-state index contributed by atoms with van der Waals surface area (Å²) in [5.74, 6) is -2.46. The smallest absolute Gasteiger partial charge is 0.417 e.